The van der Waals surface area contributed by atoms with Crippen molar-refractivity contribution in [2.75, 3.05) is 0 Å². The minimum absolute atomic E-state index is 0.556. The van der Waals surface area contributed by atoms with Crippen molar-refractivity contribution < 1.29 is 17.0 Å². The second-order valence-corrected chi connectivity index (χ2v) is 5.97. The summed E-state index contributed by atoms with van der Waals surface area (Å²) >= 11 is -0.556. The Labute approximate surface area is 102 Å². The van der Waals surface area contributed by atoms with Gasteiger partial charge in [0.2, 0.25) is 0 Å². The second-order valence-electron chi connectivity index (χ2n) is 3.39. The Morgan fingerprint density at radius 3 is 2.43 bits per heavy atom. The van der Waals surface area contributed by atoms with Crippen LogP contribution in [0.3, 0.4) is 0 Å². The van der Waals surface area contributed by atoms with E-state index in [1.807, 2.05) is 0 Å². The molecule has 0 aliphatic heterocycles. The first-order valence-corrected chi connectivity index (χ1v) is 8.70. The minimum atomic E-state index is -0.556. The molecule has 74 valence electrons. The average Bonchev–Trinajstić information content (AvgIpc) is 2.48. The van der Waals surface area contributed by atoms with Crippen LogP contribution in [0.2, 0.25) is 0 Å². The van der Waals surface area contributed by atoms with E-state index < -0.39 is 17.0 Å². The molecule has 0 saturated heterocycles. The van der Waals surface area contributed by atoms with Gasteiger partial charge in [-0.15, -0.1) is 0 Å². The Hall–Kier alpha value is 0.254. The number of halogens is 2. The molecule has 0 spiro atoms. The number of benzene rings is 1. The molecule has 1 aromatic rings. The predicted molar refractivity (Wildman–Crippen MR) is 60.2 cm³/mol. The third kappa shape index (κ3) is 3.13. The summed E-state index contributed by atoms with van der Waals surface area (Å²) in [6.45, 7) is 4.37. The summed E-state index contributed by atoms with van der Waals surface area (Å²) in [7, 11) is 9.78. The van der Waals surface area contributed by atoms with Gasteiger partial charge >= 0.3 is 35.6 Å². The maximum absolute atomic E-state index is 4.89. The number of aryl methyl sites for hydroxylation is 1. The summed E-state index contributed by atoms with van der Waals surface area (Å²) in [5, 5.41) is 0. The Morgan fingerprint density at radius 2 is 1.86 bits per heavy atom. The molecular weight excluding hydrogens is 251 g/mol. The number of allylic oxidation sites excluding steroid dienone is 1. The van der Waals surface area contributed by atoms with E-state index >= 15 is 0 Å². The Balaban J connectivity index is 0.000000293. The van der Waals surface area contributed by atoms with Gasteiger partial charge in [0.1, 0.15) is 0 Å². The van der Waals surface area contributed by atoms with Crippen LogP contribution in [-0.2, 0) is 23.5 Å². The number of hydrogen-bond acceptors (Lipinski definition) is 0. The van der Waals surface area contributed by atoms with Gasteiger partial charge in [-0.1, -0.05) is 29.8 Å². The molecule has 0 bridgehead atoms. The molecule has 2 rings (SSSR count). The van der Waals surface area contributed by atoms with Gasteiger partial charge in [-0.05, 0) is 37.0 Å². The third-order valence-corrected chi connectivity index (χ3v) is 2.27. The van der Waals surface area contributed by atoms with E-state index in [4.69, 9.17) is 18.6 Å². The Bertz CT molecular complexity index is 345. The molecule has 0 atom stereocenters. The van der Waals surface area contributed by atoms with Crippen molar-refractivity contribution in [2.45, 2.75) is 20.3 Å². The fourth-order valence-electron chi connectivity index (χ4n) is 1.70. The van der Waals surface area contributed by atoms with Gasteiger partial charge in [-0.2, -0.15) is 0 Å². The summed E-state index contributed by atoms with van der Waals surface area (Å²) in [6.07, 6.45) is 3.45. The fraction of sp³-hybridized carbons (Fsp3) is 0.273. The Kier molecular flexibility index (Phi) is 5.26. The SMILES string of the molecule is CC1=Cc2c(C)cccc2C1.[Cl][Ti][Cl]. The van der Waals surface area contributed by atoms with Gasteiger partial charge in [0.25, 0.3) is 0 Å². The Morgan fingerprint density at radius 1 is 1.21 bits per heavy atom. The molecule has 0 fully saturated rings. The molecule has 0 unspecified atom stereocenters. The quantitative estimate of drug-likeness (QED) is 0.611. The van der Waals surface area contributed by atoms with E-state index in [0.29, 0.717) is 0 Å². The first-order valence-electron chi connectivity index (χ1n) is 4.41. The van der Waals surface area contributed by atoms with Crippen molar-refractivity contribution in [1.82, 2.24) is 0 Å². The standard InChI is InChI=1S/C11H12.2ClH.Ti/c1-8-6-10-5-3-4-9(2)11(10)7-8;;;/h3-5,7H,6H2,1-2H3;2*1H;/q;;;+2/p-2. The van der Waals surface area contributed by atoms with Crippen LogP contribution < -0.4 is 0 Å². The zero-order chi connectivity index (χ0) is 10.6. The summed E-state index contributed by atoms with van der Waals surface area (Å²) < 4.78 is 0. The number of hydrogen-bond donors (Lipinski definition) is 0. The average molecular weight is 263 g/mol. The molecule has 0 saturated carbocycles. The molecule has 0 heterocycles. The molecule has 1 aliphatic carbocycles. The van der Waals surface area contributed by atoms with E-state index in [0.717, 1.165) is 6.42 Å². The molecule has 1 aliphatic rings. The van der Waals surface area contributed by atoms with Crippen molar-refractivity contribution in [3.05, 3.63) is 40.5 Å². The maximum atomic E-state index is 4.89. The van der Waals surface area contributed by atoms with Gasteiger partial charge in [-0.25, -0.2) is 0 Å². The van der Waals surface area contributed by atoms with Crippen LogP contribution in [0.25, 0.3) is 6.08 Å². The van der Waals surface area contributed by atoms with Crippen molar-refractivity contribution in [2.24, 2.45) is 0 Å². The molecule has 3 heteroatoms. The predicted octanol–water partition coefficient (Wildman–Crippen LogP) is 4.33. The summed E-state index contributed by atoms with van der Waals surface area (Å²) in [4.78, 5) is 0. The molecule has 0 N–H and O–H groups in total. The second kappa shape index (κ2) is 5.97. The van der Waals surface area contributed by atoms with Crippen LogP contribution in [0.5, 0.6) is 0 Å². The topological polar surface area (TPSA) is 0 Å². The molecule has 0 nitrogen and oxygen atoms in total. The van der Waals surface area contributed by atoms with E-state index in [1.54, 1.807) is 0 Å². The van der Waals surface area contributed by atoms with Gasteiger partial charge < -0.3 is 0 Å². The summed E-state index contributed by atoms with van der Waals surface area (Å²) in [5.41, 5.74) is 5.82. The van der Waals surface area contributed by atoms with Crippen LogP contribution in [0.1, 0.15) is 23.6 Å². The fourth-order valence-corrected chi connectivity index (χ4v) is 1.70. The molecule has 0 amide bonds. The summed E-state index contributed by atoms with van der Waals surface area (Å²) in [6, 6.07) is 6.53. The first-order chi connectivity index (χ1) is 6.69. The molecule has 14 heavy (non-hydrogen) atoms. The first kappa shape index (κ1) is 12.3. The van der Waals surface area contributed by atoms with E-state index in [2.05, 4.69) is 38.1 Å². The third-order valence-electron chi connectivity index (χ3n) is 2.27. The van der Waals surface area contributed by atoms with Gasteiger partial charge in [-0.3, -0.25) is 0 Å². The van der Waals surface area contributed by atoms with Crippen molar-refractivity contribution in [3.8, 4) is 0 Å². The summed E-state index contributed by atoms with van der Waals surface area (Å²) in [5.74, 6) is 0. The van der Waals surface area contributed by atoms with E-state index in [-0.39, 0.29) is 0 Å². The van der Waals surface area contributed by atoms with Gasteiger partial charge in [0, 0.05) is 0 Å². The van der Waals surface area contributed by atoms with Crippen LogP contribution >= 0.6 is 18.6 Å². The van der Waals surface area contributed by atoms with Gasteiger partial charge in [0.05, 0.1) is 0 Å². The number of fused-ring (bicyclic) bond motifs is 1. The van der Waals surface area contributed by atoms with E-state index in [1.165, 1.54) is 22.3 Å². The molecule has 1 aromatic carbocycles. The van der Waals surface area contributed by atoms with Crippen LogP contribution in [0.15, 0.2) is 23.8 Å². The van der Waals surface area contributed by atoms with Crippen molar-refractivity contribution >= 4 is 24.7 Å². The van der Waals surface area contributed by atoms with Crippen molar-refractivity contribution in [1.29, 1.82) is 0 Å². The zero-order valence-electron chi connectivity index (χ0n) is 8.27. The van der Waals surface area contributed by atoms with Crippen LogP contribution in [-0.4, -0.2) is 0 Å². The number of rotatable bonds is 0. The normalized spacial score (nSPS) is 12.4. The molecule has 0 aromatic heterocycles. The zero-order valence-corrected chi connectivity index (χ0v) is 11.3. The van der Waals surface area contributed by atoms with Crippen LogP contribution in [0.4, 0.5) is 0 Å². The molecule has 0 radical (unpaired) electrons. The van der Waals surface area contributed by atoms with E-state index in [9.17, 15) is 0 Å². The van der Waals surface area contributed by atoms with Gasteiger partial charge in [0.15, 0.2) is 0 Å². The van der Waals surface area contributed by atoms with Crippen molar-refractivity contribution in [3.63, 3.8) is 0 Å². The van der Waals surface area contributed by atoms with Crippen LogP contribution in [0, 0.1) is 6.92 Å². The monoisotopic (exact) mass is 262 g/mol. The molecular formula is C11H12Cl2Ti.